The van der Waals surface area contributed by atoms with Gasteiger partial charge in [0.05, 0.1) is 15.5 Å². The van der Waals surface area contributed by atoms with E-state index in [-0.39, 0.29) is 5.91 Å². The molecule has 1 N–H and O–H groups in total. The molecule has 0 aliphatic carbocycles. The molecule has 2 amide bonds. The van der Waals surface area contributed by atoms with Gasteiger partial charge in [-0.3, -0.25) is 9.59 Å². The number of carbonyl (C=O) groups excluding carboxylic acids is 2. The topological polar surface area (TPSA) is 49.4 Å². The second kappa shape index (κ2) is 8.71. The van der Waals surface area contributed by atoms with Gasteiger partial charge in [-0.05, 0) is 43.5 Å². The van der Waals surface area contributed by atoms with E-state index < -0.39 is 0 Å². The van der Waals surface area contributed by atoms with E-state index in [1.165, 1.54) is 18.1 Å². The van der Waals surface area contributed by atoms with Gasteiger partial charge in [-0.1, -0.05) is 30.3 Å². The lowest BCUT2D eigenvalue weighted by Crippen LogP contribution is -2.23. The molecule has 0 radical (unpaired) electrons. The molecule has 106 valence electrons. The fraction of sp³-hybridized carbons (Fsp3) is 0.143. The van der Waals surface area contributed by atoms with Crippen LogP contribution in [0.15, 0.2) is 51.6 Å². The summed E-state index contributed by atoms with van der Waals surface area (Å²) in [4.78, 5) is 24.3. The van der Waals surface area contributed by atoms with Crippen molar-refractivity contribution in [1.29, 1.82) is 0 Å². The highest BCUT2D eigenvalue weighted by molar-refractivity contribution is 9.28. The van der Waals surface area contributed by atoms with E-state index in [9.17, 15) is 9.59 Å². The Bertz CT molecular complexity index is 523. The lowest BCUT2D eigenvalue weighted by Gasteiger charge is -2.14. The molecule has 0 aromatic heterocycles. The zero-order valence-electron chi connectivity index (χ0n) is 10.8. The summed E-state index contributed by atoms with van der Waals surface area (Å²) in [5.74, 6) is -0.277. The number of rotatable bonds is 6. The van der Waals surface area contributed by atoms with E-state index in [0.29, 0.717) is 21.9 Å². The molecule has 0 aliphatic heterocycles. The number of likely N-dealkylation sites (N-methyl/N-ethyl adjacent to an activating group) is 1. The van der Waals surface area contributed by atoms with Gasteiger partial charge in [0, 0.05) is 13.2 Å². The van der Waals surface area contributed by atoms with Crippen LogP contribution < -0.4 is 5.32 Å². The quantitative estimate of drug-likeness (QED) is 0.452. The van der Waals surface area contributed by atoms with Gasteiger partial charge in [0.2, 0.25) is 6.41 Å². The second-order valence-electron chi connectivity index (χ2n) is 3.86. The van der Waals surface area contributed by atoms with Crippen molar-refractivity contribution in [3.05, 3.63) is 57.1 Å². The third kappa shape index (κ3) is 5.71. The summed E-state index contributed by atoms with van der Waals surface area (Å²) in [6, 6.07) is 9.54. The molecule has 0 heterocycles. The molecule has 1 aromatic carbocycles. The summed E-state index contributed by atoms with van der Waals surface area (Å²) in [7, 11) is 1.54. The van der Waals surface area contributed by atoms with E-state index >= 15 is 0 Å². The number of hydrogen-bond acceptors (Lipinski definition) is 2. The number of hydrogen-bond donors (Lipinski definition) is 1. The van der Waals surface area contributed by atoms with Crippen LogP contribution in [0.1, 0.15) is 5.56 Å². The standard InChI is InChI=1S/C14H14Br2N2O2/c1-17-14(20)12(7-13(15)16)9-18(10-19)8-11-5-3-2-4-6-11/h2-7,9-10H,8H2,1H3,(H,17,20)/b12-9-. The Balaban J connectivity index is 2.96. The zero-order valence-corrected chi connectivity index (χ0v) is 14.0. The predicted molar refractivity (Wildman–Crippen MR) is 86.1 cm³/mol. The van der Waals surface area contributed by atoms with E-state index in [2.05, 4.69) is 37.2 Å². The normalized spacial score (nSPS) is 10.7. The third-order valence-electron chi connectivity index (χ3n) is 2.40. The Hall–Kier alpha value is -1.40. The molecule has 0 saturated heterocycles. The molecule has 0 unspecified atom stereocenters. The molecular formula is C14H14Br2N2O2. The van der Waals surface area contributed by atoms with E-state index in [0.717, 1.165) is 5.56 Å². The SMILES string of the molecule is CNC(=O)/C(C=C(Br)Br)=C\N(C=O)Cc1ccccc1. The lowest BCUT2D eigenvalue weighted by molar-refractivity contribution is -0.117. The highest BCUT2D eigenvalue weighted by Gasteiger charge is 2.08. The third-order valence-corrected chi connectivity index (χ3v) is 2.86. The molecule has 0 spiro atoms. The predicted octanol–water partition coefficient (Wildman–Crippen LogP) is 2.91. The fourth-order valence-corrected chi connectivity index (χ4v) is 2.00. The molecule has 6 heteroatoms. The van der Waals surface area contributed by atoms with Gasteiger partial charge in [-0.2, -0.15) is 0 Å². The van der Waals surface area contributed by atoms with Crippen LogP contribution in [0.4, 0.5) is 0 Å². The lowest BCUT2D eigenvalue weighted by atomic mass is 10.2. The van der Waals surface area contributed by atoms with Crippen molar-refractivity contribution >= 4 is 44.2 Å². The molecule has 1 rings (SSSR count). The molecule has 0 aliphatic rings. The van der Waals surface area contributed by atoms with Crippen molar-refractivity contribution in [3.8, 4) is 0 Å². The Morgan fingerprint density at radius 2 is 1.95 bits per heavy atom. The van der Waals surface area contributed by atoms with Gasteiger partial charge < -0.3 is 10.2 Å². The highest BCUT2D eigenvalue weighted by atomic mass is 79.9. The maximum atomic E-state index is 11.7. The van der Waals surface area contributed by atoms with E-state index in [1.54, 1.807) is 6.08 Å². The van der Waals surface area contributed by atoms with Crippen LogP contribution in [0, 0.1) is 0 Å². The summed E-state index contributed by atoms with van der Waals surface area (Å²) in [6.45, 7) is 0.401. The molecule has 20 heavy (non-hydrogen) atoms. The maximum absolute atomic E-state index is 11.7. The Kier molecular flexibility index (Phi) is 7.25. The summed E-state index contributed by atoms with van der Waals surface area (Å²) in [5, 5.41) is 2.53. The summed E-state index contributed by atoms with van der Waals surface area (Å²) >= 11 is 6.40. The van der Waals surface area contributed by atoms with Crippen LogP contribution in [-0.2, 0) is 16.1 Å². The smallest absolute Gasteiger partial charge is 0.252 e. The number of carbonyl (C=O) groups is 2. The highest BCUT2D eigenvalue weighted by Crippen LogP contribution is 2.17. The zero-order chi connectivity index (χ0) is 15.0. The summed E-state index contributed by atoms with van der Waals surface area (Å²) in [5.41, 5.74) is 1.34. The van der Waals surface area contributed by atoms with Gasteiger partial charge in [0.1, 0.15) is 0 Å². The van der Waals surface area contributed by atoms with Gasteiger partial charge in [0.25, 0.3) is 5.91 Å². The molecular weight excluding hydrogens is 388 g/mol. The minimum absolute atomic E-state index is 0.277. The Morgan fingerprint density at radius 3 is 2.45 bits per heavy atom. The fourth-order valence-electron chi connectivity index (χ4n) is 1.51. The Morgan fingerprint density at radius 1 is 1.30 bits per heavy atom. The first-order valence-corrected chi connectivity index (χ1v) is 7.37. The van der Waals surface area contributed by atoms with Crippen LogP contribution in [0.5, 0.6) is 0 Å². The van der Waals surface area contributed by atoms with Crippen LogP contribution in [0.2, 0.25) is 0 Å². The van der Waals surface area contributed by atoms with Crippen molar-refractivity contribution in [2.45, 2.75) is 6.54 Å². The number of nitrogens with one attached hydrogen (secondary N) is 1. The average molecular weight is 402 g/mol. The monoisotopic (exact) mass is 400 g/mol. The van der Waals surface area contributed by atoms with Crippen LogP contribution in [0.3, 0.4) is 0 Å². The van der Waals surface area contributed by atoms with Crippen molar-refractivity contribution < 1.29 is 9.59 Å². The molecule has 0 atom stereocenters. The second-order valence-corrected chi connectivity index (χ2v) is 6.63. The Labute approximate surface area is 134 Å². The van der Waals surface area contributed by atoms with Crippen molar-refractivity contribution in [3.63, 3.8) is 0 Å². The summed E-state index contributed by atoms with van der Waals surface area (Å²) in [6.07, 6.45) is 3.77. The number of amides is 2. The number of halogens is 2. The van der Waals surface area contributed by atoms with Crippen LogP contribution >= 0.6 is 31.9 Å². The van der Waals surface area contributed by atoms with Crippen molar-refractivity contribution in [2.75, 3.05) is 7.05 Å². The first kappa shape index (κ1) is 16.7. The van der Waals surface area contributed by atoms with Gasteiger partial charge in [-0.15, -0.1) is 0 Å². The van der Waals surface area contributed by atoms with Gasteiger partial charge >= 0.3 is 0 Å². The van der Waals surface area contributed by atoms with Crippen molar-refractivity contribution in [1.82, 2.24) is 10.2 Å². The number of nitrogens with zero attached hydrogens (tertiary/aromatic N) is 1. The molecule has 1 aromatic rings. The van der Waals surface area contributed by atoms with E-state index in [4.69, 9.17) is 0 Å². The minimum Gasteiger partial charge on any atom is -0.355 e. The summed E-state index contributed by atoms with van der Waals surface area (Å²) < 4.78 is 0.616. The van der Waals surface area contributed by atoms with Gasteiger partial charge in [0.15, 0.2) is 0 Å². The van der Waals surface area contributed by atoms with Crippen LogP contribution in [0.25, 0.3) is 0 Å². The first-order chi connectivity index (χ1) is 9.56. The minimum atomic E-state index is -0.277. The molecule has 0 fully saturated rings. The van der Waals surface area contributed by atoms with E-state index in [1.807, 2.05) is 30.3 Å². The molecule has 4 nitrogen and oxygen atoms in total. The van der Waals surface area contributed by atoms with Gasteiger partial charge in [-0.25, -0.2) is 0 Å². The molecule has 0 saturated carbocycles. The molecule has 0 bridgehead atoms. The van der Waals surface area contributed by atoms with Crippen LogP contribution in [-0.4, -0.2) is 24.3 Å². The number of benzene rings is 1. The van der Waals surface area contributed by atoms with Crippen molar-refractivity contribution in [2.24, 2.45) is 0 Å². The average Bonchev–Trinajstić information content (AvgIpc) is 2.45. The first-order valence-electron chi connectivity index (χ1n) is 5.78. The largest absolute Gasteiger partial charge is 0.355 e. The maximum Gasteiger partial charge on any atom is 0.252 e.